The molecule has 0 atom stereocenters. The highest BCUT2D eigenvalue weighted by Crippen LogP contribution is 2.05. The maximum absolute atomic E-state index is 10.9. The molecule has 2 nitrogen and oxygen atoms in total. The first kappa shape index (κ1) is 10.2. The molecule has 0 fully saturated rings. The van der Waals surface area contributed by atoms with E-state index in [-0.39, 0.29) is 5.97 Å². The Hall–Kier alpha value is -0.760. The van der Waals surface area contributed by atoms with Crippen LogP contribution >= 0.6 is 11.6 Å². The molecule has 0 unspecified atom stereocenters. The molecule has 0 aromatic rings. The van der Waals surface area contributed by atoms with Crippen molar-refractivity contribution in [3.05, 3.63) is 23.3 Å². The van der Waals surface area contributed by atoms with Crippen LogP contribution in [0.15, 0.2) is 23.3 Å². The van der Waals surface area contributed by atoms with Gasteiger partial charge in [-0.05, 0) is 19.9 Å². The number of carbonyl (C=O) groups is 1. The molecule has 0 saturated carbocycles. The molecule has 0 aliphatic rings. The molecule has 0 rings (SSSR count). The molecular formula is C8H11ClO2. The van der Waals surface area contributed by atoms with Gasteiger partial charge >= 0.3 is 5.97 Å². The Kier molecular flexibility index (Phi) is 4.62. The van der Waals surface area contributed by atoms with E-state index in [1.807, 2.05) is 0 Å². The molecule has 0 heterocycles. The summed E-state index contributed by atoms with van der Waals surface area (Å²) in [4.78, 5) is 10.9. The van der Waals surface area contributed by atoms with E-state index in [9.17, 15) is 4.79 Å². The van der Waals surface area contributed by atoms with Gasteiger partial charge in [0.25, 0.3) is 0 Å². The van der Waals surface area contributed by atoms with E-state index in [1.54, 1.807) is 13.8 Å². The highest BCUT2D eigenvalue weighted by atomic mass is 35.5. The molecule has 11 heavy (non-hydrogen) atoms. The molecular weight excluding hydrogens is 164 g/mol. The van der Waals surface area contributed by atoms with Gasteiger partial charge in [0.05, 0.1) is 6.61 Å². The van der Waals surface area contributed by atoms with Crippen LogP contribution in [0.2, 0.25) is 0 Å². The maximum atomic E-state index is 10.9. The molecule has 0 radical (unpaired) electrons. The van der Waals surface area contributed by atoms with E-state index in [0.717, 1.165) is 0 Å². The first-order valence-corrected chi connectivity index (χ1v) is 3.65. The average molecular weight is 175 g/mol. The van der Waals surface area contributed by atoms with Gasteiger partial charge < -0.3 is 4.74 Å². The second kappa shape index (κ2) is 4.97. The van der Waals surface area contributed by atoms with Gasteiger partial charge in [-0.3, -0.25) is 0 Å². The number of esters is 1. The molecule has 0 bridgehead atoms. The lowest BCUT2D eigenvalue weighted by Crippen LogP contribution is -2.04. The van der Waals surface area contributed by atoms with Crippen LogP contribution < -0.4 is 0 Å². The number of carbonyl (C=O) groups excluding carboxylic acids is 1. The van der Waals surface area contributed by atoms with E-state index in [1.165, 1.54) is 6.08 Å². The number of hydrogen-bond donors (Lipinski definition) is 0. The fourth-order valence-corrected chi connectivity index (χ4v) is 0.702. The van der Waals surface area contributed by atoms with Gasteiger partial charge in [0, 0.05) is 10.6 Å². The monoisotopic (exact) mass is 174 g/mol. The van der Waals surface area contributed by atoms with E-state index in [4.69, 9.17) is 16.3 Å². The molecule has 0 saturated heterocycles. The topological polar surface area (TPSA) is 26.3 Å². The molecule has 0 aromatic carbocycles. The fourth-order valence-electron chi connectivity index (χ4n) is 0.539. The second-order valence-corrected chi connectivity index (χ2v) is 2.48. The molecule has 0 aromatic heterocycles. The zero-order chi connectivity index (χ0) is 8.85. The average Bonchev–Trinajstić information content (AvgIpc) is 1.86. The minimum atomic E-state index is -0.352. The largest absolute Gasteiger partial charge is 0.463 e. The van der Waals surface area contributed by atoms with Gasteiger partial charge in [0.1, 0.15) is 0 Å². The van der Waals surface area contributed by atoms with Crippen molar-refractivity contribution in [3.63, 3.8) is 0 Å². The van der Waals surface area contributed by atoms with E-state index in [2.05, 4.69) is 6.58 Å². The zero-order valence-corrected chi connectivity index (χ0v) is 7.44. The van der Waals surface area contributed by atoms with Crippen LogP contribution in [0.5, 0.6) is 0 Å². The van der Waals surface area contributed by atoms with Gasteiger partial charge in [-0.1, -0.05) is 18.2 Å². The van der Waals surface area contributed by atoms with Crippen LogP contribution in [-0.2, 0) is 9.53 Å². The fraction of sp³-hybridized carbons (Fsp3) is 0.375. The third kappa shape index (κ3) is 4.62. The van der Waals surface area contributed by atoms with Crippen molar-refractivity contribution < 1.29 is 9.53 Å². The summed E-state index contributed by atoms with van der Waals surface area (Å²) in [5.74, 6) is -0.352. The number of ether oxygens (including phenoxy) is 1. The zero-order valence-electron chi connectivity index (χ0n) is 6.69. The molecule has 0 aliphatic heterocycles. The summed E-state index contributed by atoms with van der Waals surface area (Å²) in [5.41, 5.74) is 0.465. The summed E-state index contributed by atoms with van der Waals surface area (Å²) in [6.45, 7) is 7.17. The Balaban J connectivity index is 4.12. The highest BCUT2D eigenvalue weighted by Gasteiger charge is 2.02. The van der Waals surface area contributed by atoms with Crippen molar-refractivity contribution in [2.75, 3.05) is 6.61 Å². The Morgan fingerprint density at radius 3 is 2.64 bits per heavy atom. The predicted octanol–water partition coefficient (Wildman–Crippen LogP) is 2.25. The Morgan fingerprint density at radius 1 is 1.73 bits per heavy atom. The molecule has 0 aliphatic carbocycles. The number of rotatable bonds is 3. The van der Waals surface area contributed by atoms with E-state index >= 15 is 0 Å². The number of hydrogen-bond acceptors (Lipinski definition) is 2. The van der Waals surface area contributed by atoms with Crippen LogP contribution in [0.3, 0.4) is 0 Å². The third-order valence-corrected chi connectivity index (χ3v) is 1.08. The van der Waals surface area contributed by atoms with Crippen LogP contribution in [-0.4, -0.2) is 12.6 Å². The summed E-state index contributed by atoms with van der Waals surface area (Å²) >= 11 is 5.44. The summed E-state index contributed by atoms with van der Waals surface area (Å²) in [6, 6.07) is 0. The van der Waals surface area contributed by atoms with Crippen LogP contribution in [0.1, 0.15) is 13.8 Å². The lowest BCUT2D eigenvalue weighted by molar-refractivity contribution is -0.138. The van der Waals surface area contributed by atoms with Crippen molar-refractivity contribution in [1.29, 1.82) is 0 Å². The normalized spacial score (nSPS) is 11.0. The van der Waals surface area contributed by atoms with E-state index in [0.29, 0.717) is 17.2 Å². The number of halogens is 1. The predicted molar refractivity (Wildman–Crippen MR) is 45.4 cm³/mol. The van der Waals surface area contributed by atoms with Gasteiger partial charge in [0.2, 0.25) is 0 Å². The lowest BCUT2D eigenvalue weighted by atomic mass is 10.3. The summed E-state index contributed by atoms with van der Waals surface area (Å²) in [7, 11) is 0. The molecule has 0 spiro atoms. The molecule has 0 amide bonds. The Bertz CT molecular complexity index is 194. The highest BCUT2D eigenvalue weighted by molar-refractivity contribution is 6.31. The van der Waals surface area contributed by atoms with Gasteiger partial charge in [-0.2, -0.15) is 0 Å². The first-order chi connectivity index (χ1) is 5.07. The summed E-state index contributed by atoms with van der Waals surface area (Å²) in [5, 5.41) is 0.329. The molecule has 0 N–H and O–H groups in total. The van der Waals surface area contributed by atoms with Gasteiger partial charge in [-0.15, -0.1) is 0 Å². The second-order valence-electron chi connectivity index (χ2n) is 1.99. The lowest BCUT2D eigenvalue weighted by Gasteiger charge is -1.99. The van der Waals surface area contributed by atoms with Gasteiger partial charge in [-0.25, -0.2) is 4.79 Å². The van der Waals surface area contributed by atoms with Crippen molar-refractivity contribution >= 4 is 17.6 Å². The Morgan fingerprint density at radius 2 is 2.27 bits per heavy atom. The third-order valence-electron chi connectivity index (χ3n) is 0.971. The molecule has 62 valence electrons. The Labute approximate surface area is 71.5 Å². The molecule has 3 heteroatoms. The summed E-state index contributed by atoms with van der Waals surface area (Å²) in [6.07, 6.45) is 1.47. The maximum Gasteiger partial charge on any atom is 0.333 e. The standard InChI is InChI=1S/C8H11ClO2/c1-4-11-8(10)6(2)5-7(3)9/h5H,3-4H2,1-2H3/b6-5+. The quantitative estimate of drug-likeness (QED) is 0.373. The van der Waals surface area contributed by atoms with Crippen LogP contribution in [0.25, 0.3) is 0 Å². The first-order valence-electron chi connectivity index (χ1n) is 3.27. The van der Waals surface area contributed by atoms with Crippen LogP contribution in [0.4, 0.5) is 0 Å². The SMILES string of the molecule is C=C(Cl)/C=C(\C)C(=O)OCC. The van der Waals surface area contributed by atoms with Crippen molar-refractivity contribution in [2.45, 2.75) is 13.8 Å². The summed E-state index contributed by atoms with van der Waals surface area (Å²) < 4.78 is 4.70. The van der Waals surface area contributed by atoms with Crippen molar-refractivity contribution in [1.82, 2.24) is 0 Å². The number of allylic oxidation sites excluding steroid dienone is 2. The van der Waals surface area contributed by atoms with Gasteiger partial charge in [0.15, 0.2) is 0 Å². The minimum Gasteiger partial charge on any atom is -0.463 e. The van der Waals surface area contributed by atoms with Crippen molar-refractivity contribution in [3.8, 4) is 0 Å². The van der Waals surface area contributed by atoms with Crippen LogP contribution in [0, 0.1) is 0 Å². The minimum absolute atomic E-state index is 0.329. The van der Waals surface area contributed by atoms with Crippen molar-refractivity contribution in [2.24, 2.45) is 0 Å². The smallest absolute Gasteiger partial charge is 0.333 e. The van der Waals surface area contributed by atoms with E-state index < -0.39 is 0 Å².